The maximum Gasteiger partial charge on any atom is 0.251 e. The number of anilines is 1. The molecule has 4 rings (SSSR count). The van der Waals surface area contributed by atoms with Gasteiger partial charge < -0.3 is 10.2 Å². The van der Waals surface area contributed by atoms with Crippen LogP contribution in [0.4, 0.5) is 5.82 Å². The maximum absolute atomic E-state index is 12.5. The Morgan fingerprint density at radius 1 is 1.06 bits per heavy atom. The fraction of sp³-hybridized carbons (Fsp3) is 0.542. The number of hydrogen-bond acceptors (Lipinski definition) is 4. The van der Waals surface area contributed by atoms with E-state index in [9.17, 15) is 9.59 Å². The van der Waals surface area contributed by atoms with Gasteiger partial charge in [-0.3, -0.25) is 14.5 Å². The number of benzene rings is 1. The summed E-state index contributed by atoms with van der Waals surface area (Å²) in [5.74, 6) is 0.895. The van der Waals surface area contributed by atoms with Crippen LogP contribution in [-0.2, 0) is 17.9 Å². The first-order valence-electron chi connectivity index (χ1n) is 11.6. The summed E-state index contributed by atoms with van der Waals surface area (Å²) in [6.07, 6.45) is 8.40. The Balaban J connectivity index is 1.27. The highest BCUT2D eigenvalue weighted by Crippen LogP contribution is 2.23. The van der Waals surface area contributed by atoms with Gasteiger partial charge >= 0.3 is 0 Å². The average Bonchev–Trinajstić information content (AvgIpc) is 3.09. The molecule has 0 bridgehead atoms. The first kappa shape index (κ1) is 21.6. The Bertz CT molecular complexity index is 884. The summed E-state index contributed by atoms with van der Waals surface area (Å²) in [6, 6.07) is 9.90. The normalized spacial score (nSPS) is 18.4. The third kappa shape index (κ3) is 5.34. The second-order valence-corrected chi connectivity index (χ2v) is 8.68. The molecule has 1 saturated heterocycles. The molecule has 1 atom stereocenters. The van der Waals surface area contributed by atoms with Gasteiger partial charge in [0.1, 0.15) is 5.82 Å². The van der Waals surface area contributed by atoms with Gasteiger partial charge in [0.05, 0.1) is 19.3 Å². The summed E-state index contributed by atoms with van der Waals surface area (Å²) in [5.41, 5.74) is 1.65. The van der Waals surface area contributed by atoms with Gasteiger partial charge in [0, 0.05) is 30.6 Å². The lowest BCUT2D eigenvalue weighted by Gasteiger charge is -2.27. The first-order valence-corrected chi connectivity index (χ1v) is 11.6. The van der Waals surface area contributed by atoms with Gasteiger partial charge in [0.15, 0.2) is 0 Å². The van der Waals surface area contributed by atoms with Crippen LogP contribution in [-0.4, -0.2) is 52.2 Å². The van der Waals surface area contributed by atoms with Gasteiger partial charge in [0.2, 0.25) is 5.91 Å². The predicted octanol–water partition coefficient (Wildman–Crippen LogP) is 3.20. The van der Waals surface area contributed by atoms with Crippen LogP contribution in [0.2, 0.25) is 0 Å². The van der Waals surface area contributed by atoms with Crippen LogP contribution >= 0.6 is 0 Å². The monoisotopic (exact) mass is 423 g/mol. The number of aromatic nitrogens is 2. The van der Waals surface area contributed by atoms with Gasteiger partial charge in [-0.1, -0.05) is 25.0 Å². The molecule has 0 spiro atoms. The zero-order chi connectivity index (χ0) is 21.6. The van der Waals surface area contributed by atoms with E-state index in [1.54, 1.807) is 11.1 Å². The lowest BCUT2D eigenvalue weighted by Crippen LogP contribution is -2.37. The zero-order valence-electron chi connectivity index (χ0n) is 18.4. The van der Waals surface area contributed by atoms with Crippen molar-refractivity contribution in [3.63, 3.8) is 0 Å². The molecular weight excluding hydrogens is 390 g/mol. The van der Waals surface area contributed by atoms with Crippen LogP contribution in [0.3, 0.4) is 0 Å². The second-order valence-electron chi connectivity index (χ2n) is 8.68. The summed E-state index contributed by atoms with van der Waals surface area (Å²) in [5, 5.41) is 7.32. The first-order chi connectivity index (χ1) is 15.1. The average molecular weight is 424 g/mol. The quantitative estimate of drug-likeness (QED) is 0.742. The van der Waals surface area contributed by atoms with Gasteiger partial charge in [-0.2, -0.15) is 5.10 Å². The number of likely N-dealkylation sites (tertiary alicyclic amines) is 1. The molecule has 3 heterocycles. The number of hydrogen-bond donors (Lipinski definition) is 1. The molecule has 0 aliphatic carbocycles. The molecule has 2 aliphatic heterocycles. The SMILES string of the molecule is C[C@H](CCNC(=O)c1ccc(CN2C(=O)CCn3nccc32)cc1)N1CCCCCC1. The topological polar surface area (TPSA) is 70.5 Å². The minimum Gasteiger partial charge on any atom is -0.352 e. The van der Waals surface area contributed by atoms with E-state index >= 15 is 0 Å². The standard InChI is InChI=1S/C24H33N5O2/c1-19(27-15-4-2-3-5-16-27)10-13-25-24(31)21-8-6-20(7-9-21)18-28-22-11-14-26-29(22)17-12-23(28)30/h6-9,11,14,19H,2-5,10,12-13,15-18H2,1H3,(H,25,31)/t19-/m1/s1. The molecule has 0 unspecified atom stereocenters. The van der Waals surface area contributed by atoms with Crippen molar-refractivity contribution in [1.29, 1.82) is 0 Å². The molecule has 1 N–H and O–H groups in total. The highest BCUT2D eigenvalue weighted by molar-refractivity contribution is 5.95. The maximum atomic E-state index is 12.5. The lowest BCUT2D eigenvalue weighted by atomic mass is 10.1. The highest BCUT2D eigenvalue weighted by atomic mass is 16.2. The molecule has 0 radical (unpaired) electrons. The van der Waals surface area contributed by atoms with Crippen molar-refractivity contribution >= 4 is 17.6 Å². The van der Waals surface area contributed by atoms with E-state index in [1.807, 2.05) is 35.0 Å². The summed E-state index contributed by atoms with van der Waals surface area (Å²) in [4.78, 5) is 29.2. The van der Waals surface area contributed by atoms with E-state index in [4.69, 9.17) is 0 Å². The minimum atomic E-state index is -0.0401. The molecular formula is C24H33N5O2. The molecule has 0 saturated carbocycles. The van der Waals surface area contributed by atoms with Crippen LogP contribution in [0.15, 0.2) is 36.5 Å². The van der Waals surface area contributed by atoms with E-state index in [0.717, 1.165) is 17.8 Å². The lowest BCUT2D eigenvalue weighted by molar-refractivity contribution is -0.119. The molecule has 1 aromatic heterocycles. The molecule has 31 heavy (non-hydrogen) atoms. The Morgan fingerprint density at radius 3 is 2.55 bits per heavy atom. The predicted molar refractivity (Wildman–Crippen MR) is 121 cm³/mol. The molecule has 7 heteroatoms. The summed E-state index contributed by atoms with van der Waals surface area (Å²) in [6.45, 7) is 6.42. The van der Waals surface area contributed by atoms with Crippen molar-refractivity contribution in [2.45, 2.75) is 64.6 Å². The molecule has 7 nitrogen and oxygen atoms in total. The summed E-state index contributed by atoms with van der Waals surface area (Å²) in [7, 11) is 0. The van der Waals surface area contributed by atoms with E-state index < -0.39 is 0 Å². The van der Waals surface area contributed by atoms with Crippen molar-refractivity contribution in [3.05, 3.63) is 47.7 Å². The molecule has 166 valence electrons. The van der Waals surface area contributed by atoms with Crippen molar-refractivity contribution in [1.82, 2.24) is 20.0 Å². The van der Waals surface area contributed by atoms with Crippen molar-refractivity contribution < 1.29 is 9.59 Å². The Morgan fingerprint density at radius 2 is 1.81 bits per heavy atom. The van der Waals surface area contributed by atoms with E-state index in [1.165, 1.54) is 38.8 Å². The fourth-order valence-electron chi connectivity index (χ4n) is 4.52. The largest absolute Gasteiger partial charge is 0.352 e. The summed E-state index contributed by atoms with van der Waals surface area (Å²) < 4.78 is 1.86. The molecule has 2 amide bonds. The smallest absolute Gasteiger partial charge is 0.251 e. The van der Waals surface area contributed by atoms with Crippen LogP contribution in [0, 0.1) is 0 Å². The van der Waals surface area contributed by atoms with E-state index in [2.05, 4.69) is 22.2 Å². The molecule has 1 aromatic carbocycles. The van der Waals surface area contributed by atoms with Gasteiger partial charge in [-0.05, 0) is 57.0 Å². The van der Waals surface area contributed by atoms with Crippen molar-refractivity contribution in [3.8, 4) is 0 Å². The number of nitrogens with one attached hydrogen (secondary N) is 1. The molecule has 1 fully saturated rings. The second kappa shape index (κ2) is 10.1. The Hall–Kier alpha value is -2.67. The van der Waals surface area contributed by atoms with Crippen molar-refractivity contribution in [2.24, 2.45) is 0 Å². The molecule has 2 aromatic rings. The number of rotatable bonds is 7. The number of carbonyl (C=O) groups is 2. The van der Waals surface area contributed by atoms with E-state index in [0.29, 0.717) is 37.7 Å². The number of aryl methyl sites for hydroxylation is 1. The fourth-order valence-corrected chi connectivity index (χ4v) is 4.52. The molecule has 2 aliphatic rings. The number of nitrogens with zero attached hydrogens (tertiary/aromatic N) is 4. The Labute approximate surface area is 184 Å². The van der Waals surface area contributed by atoms with Crippen LogP contribution in [0.5, 0.6) is 0 Å². The number of fused-ring (bicyclic) bond motifs is 1. The summed E-state index contributed by atoms with van der Waals surface area (Å²) >= 11 is 0. The van der Waals surface area contributed by atoms with Crippen LogP contribution in [0.1, 0.15) is 61.4 Å². The third-order valence-electron chi connectivity index (χ3n) is 6.48. The van der Waals surface area contributed by atoms with Gasteiger partial charge in [-0.15, -0.1) is 0 Å². The Kier molecular flexibility index (Phi) is 7.02. The highest BCUT2D eigenvalue weighted by Gasteiger charge is 2.24. The van der Waals surface area contributed by atoms with Crippen LogP contribution in [0.25, 0.3) is 0 Å². The minimum absolute atomic E-state index is 0.0401. The number of carbonyl (C=O) groups excluding carboxylic acids is 2. The zero-order valence-corrected chi connectivity index (χ0v) is 18.4. The van der Waals surface area contributed by atoms with Gasteiger partial charge in [0.25, 0.3) is 5.91 Å². The van der Waals surface area contributed by atoms with E-state index in [-0.39, 0.29) is 11.8 Å². The van der Waals surface area contributed by atoms with Crippen molar-refractivity contribution in [2.75, 3.05) is 24.5 Å². The third-order valence-corrected chi connectivity index (χ3v) is 6.48. The van der Waals surface area contributed by atoms with Gasteiger partial charge in [-0.25, -0.2) is 4.68 Å². The number of amides is 2. The van der Waals surface area contributed by atoms with Crippen LogP contribution < -0.4 is 10.2 Å².